The Bertz CT molecular complexity index is 813. The fourth-order valence-electron chi connectivity index (χ4n) is 1.71. The second-order valence-electron chi connectivity index (χ2n) is 5.94. The van der Waals surface area contributed by atoms with Gasteiger partial charge in [-0.2, -0.15) is 0 Å². The largest absolute Gasteiger partial charge is 0.297 e. The first-order chi connectivity index (χ1) is 15.7. The van der Waals surface area contributed by atoms with Gasteiger partial charge in [0, 0.05) is 12.0 Å². The Morgan fingerprint density at radius 2 is 1.52 bits per heavy atom. The van der Waals surface area contributed by atoms with E-state index in [4.69, 9.17) is 10.7 Å². The van der Waals surface area contributed by atoms with Crippen LogP contribution in [0.5, 0.6) is 0 Å². The molecular formula is C27H42N2O3S. The van der Waals surface area contributed by atoms with Gasteiger partial charge in [0.1, 0.15) is 6.10 Å². The fraction of sp³-hybridized carbons (Fsp3) is 0.407. The minimum Gasteiger partial charge on any atom is -0.297 e. The van der Waals surface area contributed by atoms with Crippen LogP contribution in [0.25, 0.3) is 6.08 Å². The third-order valence-corrected chi connectivity index (χ3v) is 4.43. The Hall–Kier alpha value is -2.79. The Morgan fingerprint density at radius 3 is 1.79 bits per heavy atom. The van der Waals surface area contributed by atoms with Crippen LogP contribution in [0.2, 0.25) is 0 Å². The van der Waals surface area contributed by atoms with Gasteiger partial charge in [-0.1, -0.05) is 63.8 Å². The molecule has 0 radical (unpaired) electrons. The third-order valence-electron chi connectivity index (χ3n) is 3.38. The molecule has 1 atom stereocenters. The summed E-state index contributed by atoms with van der Waals surface area (Å²) < 4.78 is 23.7. The molecular weight excluding hydrogens is 432 g/mol. The number of hydrogen-bond acceptors (Lipinski definition) is 4. The second-order valence-corrected chi connectivity index (χ2v) is 7.65. The highest BCUT2D eigenvalue weighted by molar-refractivity contribution is 7.92. The van der Waals surface area contributed by atoms with Crippen LogP contribution >= 0.6 is 0 Å². The molecule has 0 aromatic heterocycles. The van der Waals surface area contributed by atoms with Gasteiger partial charge in [0.25, 0.3) is 0 Å². The monoisotopic (exact) mass is 474 g/mol. The topological polar surface area (TPSA) is 81.4 Å². The number of rotatable bonds is 9. The highest BCUT2D eigenvalue weighted by Gasteiger charge is 2.07. The first kappa shape index (κ1) is 37.5. The summed E-state index contributed by atoms with van der Waals surface area (Å²) in [6.45, 7) is 18.3. The van der Waals surface area contributed by atoms with Gasteiger partial charge >= 0.3 is 0 Å². The number of benzene rings is 1. The van der Waals surface area contributed by atoms with E-state index in [1.807, 2.05) is 58.0 Å². The van der Waals surface area contributed by atoms with Gasteiger partial charge in [0.05, 0.1) is 0 Å². The van der Waals surface area contributed by atoms with E-state index >= 15 is 0 Å². The summed E-state index contributed by atoms with van der Waals surface area (Å²) in [6.07, 6.45) is 13.7. The molecule has 1 aromatic carbocycles. The molecule has 3 N–H and O–H groups in total. The van der Waals surface area contributed by atoms with E-state index in [2.05, 4.69) is 54.4 Å². The highest BCUT2D eigenvalue weighted by Crippen LogP contribution is 2.19. The van der Waals surface area contributed by atoms with E-state index in [-0.39, 0.29) is 6.10 Å². The van der Waals surface area contributed by atoms with Crippen molar-refractivity contribution in [3.8, 4) is 36.5 Å². The molecule has 6 heteroatoms. The van der Waals surface area contributed by atoms with Gasteiger partial charge in [0.15, 0.2) is 0 Å². The average Bonchev–Trinajstić information content (AvgIpc) is 2.82. The zero-order valence-electron chi connectivity index (χ0n) is 21.1. The molecule has 0 aliphatic heterocycles. The maximum absolute atomic E-state index is 10.6. The summed E-state index contributed by atoms with van der Waals surface area (Å²) in [5.74, 6) is 15.0. The van der Waals surface area contributed by atoms with Crippen LogP contribution in [0.4, 0.5) is 0 Å². The minimum absolute atomic E-state index is 0.00105. The van der Waals surface area contributed by atoms with E-state index < -0.39 is 10.0 Å². The van der Waals surface area contributed by atoms with E-state index in [1.165, 1.54) is 0 Å². The van der Waals surface area contributed by atoms with Crippen molar-refractivity contribution < 1.29 is 13.3 Å². The number of hydrogen-bond donors (Lipinski definition) is 2. The molecule has 0 saturated heterocycles. The number of terminal acetylenes is 2. The summed E-state index contributed by atoms with van der Waals surface area (Å²) in [5, 5.41) is 0.919. The van der Waals surface area contributed by atoms with Gasteiger partial charge in [0.2, 0.25) is 10.0 Å². The molecule has 0 spiro atoms. The molecule has 5 nitrogen and oxygen atoms in total. The fourth-order valence-corrected chi connectivity index (χ4v) is 2.25. The lowest BCUT2D eigenvalue weighted by Crippen LogP contribution is -2.21. The molecule has 1 aromatic rings. The molecule has 33 heavy (non-hydrogen) atoms. The number of nitrogens with one attached hydrogen (secondary N) is 1. The molecule has 0 aliphatic rings. The van der Waals surface area contributed by atoms with Crippen LogP contribution in [0.3, 0.4) is 0 Å². The third kappa shape index (κ3) is 29.2. The van der Waals surface area contributed by atoms with E-state index in [1.54, 1.807) is 13.8 Å². The van der Waals surface area contributed by atoms with Crippen LogP contribution < -0.4 is 10.6 Å². The van der Waals surface area contributed by atoms with Crippen LogP contribution in [0.15, 0.2) is 42.8 Å². The van der Waals surface area contributed by atoms with Gasteiger partial charge in [-0.3, -0.25) is 4.84 Å². The van der Waals surface area contributed by atoms with Crippen molar-refractivity contribution >= 4 is 16.1 Å². The quantitative estimate of drug-likeness (QED) is 0.268. The zero-order chi connectivity index (χ0) is 26.5. The van der Waals surface area contributed by atoms with Gasteiger partial charge < -0.3 is 0 Å². The van der Waals surface area contributed by atoms with E-state index in [9.17, 15) is 8.42 Å². The SMILES string of the molecule is C#CC.C#CC.C=CS(=O)(=O)NCCCC.C=Cc1ccc(C(CC)ON)cc1.CC#CC. The van der Waals surface area contributed by atoms with Crippen molar-refractivity contribution in [1.29, 1.82) is 0 Å². The Labute approximate surface area is 203 Å². The highest BCUT2D eigenvalue weighted by atomic mass is 32.2. The predicted octanol–water partition coefficient (Wildman–Crippen LogP) is 5.83. The molecule has 0 heterocycles. The molecule has 0 fully saturated rings. The average molecular weight is 475 g/mol. The predicted molar refractivity (Wildman–Crippen MR) is 145 cm³/mol. The Balaban J connectivity index is -0.000000185. The van der Waals surface area contributed by atoms with Crippen molar-refractivity contribution in [2.45, 2.75) is 66.9 Å². The standard InChI is InChI=1S/C11H15NO.C6H13NO2S.C4H6.2C3H4/c1-3-9-5-7-10(8-6-9)11(4-2)13-12;1-3-5-6-7-10(8,9)4-2;1-3-4-2;2*1-3-2/h3,5-8,11H,1,4,12H2,2H3;4,7H,2-3,5-6H2,1H3;1-2H3;2*1H,2H3. The first-order valence-electron chi connectivity index (χ1n) is 10.5. The normalized spacial score (nSPS) is 9.24. The summed E-state index contributed by atoms with van der Waals surface area (Å²) in [7, 11) is -3.18. The van der Waals surface area contributed by atoms with Crippen LogP contribution in [-0.4, -0.2) is 15.0 Å². The van der Waals surface area contributed by atoms with Gasteiger partial charge in [-0.05, 0) is 51.7 Å². The van der Waals surface area contributed by atoms with E-state index in [0.717, 1.165) is 35.8 Å². The van der Waals surface area contributed by atoms with Crippen LogP contribution in [0, 0.1) is 36.5 Å². The smallest absolute Gasteiger partial charge is 0.233 e. The molecule has 1 unspecified atom stereocenters. The Morgan fingerprint density at radius 1 is 1.06 bits per heavy atom. The molecule has 184 valence electrons. The number of sulfonamides is 1. The van der Waals surface area contributed by atoms with Gasteiger partial charge in [-0.25, -0.2) is 19.0 Å². The molecule has 0 bridgehead atoms. The van der Waals surface area contributed by atoms with Crippen LogP contribution in [-0.2, 0) is 14.9 Å². The maximum Gasteiger partial charge on any atom is 0.233 e. The van der Waals surface area contributed by atoms with Crippen molar-refractivity contribution in [3.63, 3.8) is 0 Å². The van der Waals surface area contributed by atoms with Crippen molar-refractivity contribution in [1.82, 2.24) is 4.72 Å². The van der Waals surface area contributed by atoms with E-state index in [0.29, 0.717) is 6.54 Å². The molecule has 0 aliphatic carbocycles. The second kappa shape index (κ2) is 29.2. The minimum atomic E-state index is -3.18. The summed E-state index contributed by atoms with van der Waals surface area (Å²) >= 11 is 0. The summed E-state index contributed by atoms with van der Waals surface area (Å²) in [4.78, 5) is 4.83. The van der Waals surface area contributed by atoms with Crippen LogP contribution in [0.1, 0.15) is 78.0 Å². The van der Waals surface area contributed by atoms with Crippen molar-refractivity contribution in [3.05, 3.63) is 54.0 Å². The summed E-state index contributed by atoms with van der Waals surface area (Å²) in [6, 6.07) is 8.03. The molecule has 1 rings (SSSR count). The molecule has 0 amide bonds. The number of nitrogens with two attached hydrogens (primary N) is 1. The number of unbranched alkanes of at least 4 members (excludes halogenated alkanes) is 1. The molecule has 0 saturated carbocycles. The lowest BCUT2D eigenvalue weighted by molar-refractivity contribution is 0.0500. The lowest BCUT2D eigenvalue weighted by atomic mass is 10.1. The first-order valence-corrected chi connectivity index (χ1v) is 12.0. The zero-order valence-corrected chi connectivity index (χ0v) is 22.0. The summed E-state index contributed by atoms with van der Waals surface area (Å²) in [5.41, 5.74) is 2.21. The Kier molecular flexibility index (Phi) is 33.2. The van der Waals surface area contributed by atoms with Crippen molar-refractivity contribution in [2.24, 2.45) is 5.90 Å². The lowest BCUT2D eigenvalue weighted by Gasteiger charge is -2.12. The maximum atomic E-state index is 10.6. The van der Waals surface area contributed by atoms with Gasteiger partial charge in [-0.15, -0.1) is 36.5 Å². The van der Waals surface area contributed by atoms with Crippen molar-refractivity contribution in [2.75, 3.05) is 6.54 Å².